The predicted octanol–water partition coefficient (Wildman–Crippen LogP) is 1.63. The largest absolute Gasteiger partial charge is 0.316 e. The number of hydrogen-bond acceptors (Lipinski definition) is 3. The summed E-state index contributed by atoms with van der Waals surface area (Å²) in [6.45, 7) is 4.35. The lowest BCUT2D eigenvalue weighted by Gasteiger charge is -2.27. The summed E-state index contributed by atoms with van der Waals surface area (Å²) in [5.41, 5.74) is 0.600. The van der Waals surface area contributed by atoms with E-state index in [1.807, 2.05) is 13.2 Å². The van der Waals surface area contributed by atoms with E-state index in [2.05, 4.69) is 17.3 Å². The zero-order valence-corrected chi connectivity index (χ0v) is 10.6. The molecular formula is C13H21N3O. The first-order valence-electron chi connectivity index (χ1n) is 6.40. The normalized spacial score (nSPS) is 22.4. The van der Waals surface area contributed by atoms with Crippen molar-refractivity contribution in [1.82, 2.24) is 15.1 Å². The molecule has 1 aliphatic rings. The SMILES string of the molecule is CC(CC(=O)c1ccn(C)n1)C1CCCNC1. The molecule has 0 amide bonds. The van der Waals surface area contributed by atoms with Crippen LogP contribution in [0, 0.1) is 11.8 Å². The number of piperidine rings is 1. The van der Waals surface area contributed by atoms with Crippen molar-refractivity contribution in [3.8, 4) is 0 Å². The average Bonchev–Trinajstić information content (AvgIpc) is 2.77. The third-order valence-corrected chi connectivity index (χ3v) is 3.65. The highest BCUT2D eigenvalue weighted by atomic mass is 16.1. The standard InChI is InChI=1S/C13H21N3O/c1-10(11-4-3-6-14-9-11)8-13(17)12-5-7-16(2)15-12/h5,7,10-11,14H,3-4,6,8-9H2,1-2H3. The molecule has 1 aliphatic heterocycles. The summed E-state index contributed by atoms with van der Waals surface area (Å²) < 4.78 is 1.68. The van der Waals surface area contributed by atoms with Crippen LogP contribution in [-0.2, 0) is 7.05 Å². The summed E-state index contributed by atoms with van der Waals surface area (Å²) in [5, 5.41) is 7.56. The Labute approximate surface area is 102 Å². The maximum atomic E-state index is 12.0. The van der Waals surface area contributed by atoms with Crippen molar-refractivity contribution in [1.29, 1.82) is 0 Å². The number of carbonyl (C=O) groups excluding carboxylic acids is 1. The number of aryl methyl sites for hydroxylation is 1. The van der Waals surface area contributed by atoms with Crippen LogP contribution in [0.2, 0.25) is 0 Å². The Morgan fingerprint density at radius 2 is 2.53 bits per heavy atom. The first-order chi connectivity index (χ1) is 8.16. The number of Topliss-reactive ketones (excluding diaryl/α,β-unsaturated/α-hetero) is 1. The number of ketones is 1. The van der Waals surface area contributed by atoms with E-state index in [0.717, 1.165) is 13.1 Å². The van der Waals surface area contributed by atoms with Crippen LogP contribution in [0.25, 0.3) is 0 Å². The van der Waals surface area contributed by atoms with Gasteiger partial charge in [-0.3, -0.25) is 9.48 Å². The fourth-order valence-electron chi connectivity index (χ4n) is 2.49. The van der Waals surface area contributed by atoms with E-state index in [9.17, 15) is 4.79 Å². The highest BCUT2D eigenvalue weighted by Gasteiger charge is 2.23. The fourth-order valence-corrected chi connectivity index (χ4v) is 2.49. The van der Waals surface area contributed by atoms with Gasteiger partial charge in [0.15, 0.2) is 5.78 Å². The molecule has 0 bridgehead atoms. The lowest BCUT2D eigenvalue weighted by atomic mass is 9.84. The van der Waals surface area contributed by atoms with Gasteiger partial charge in [-0.15, -0.1) is 0 Å². The summed E-state index contributed by atoms with van der Waals surface area (Å²) >= 11 is 0. The van der Waals surface area contributed by atoms with Gasteiger partial charge in [0.25, 0.3) is 0 Å². The van der Waals surface area contributed by atoms with Crippen molar-refractivity contribution < 1.29 is 4.79 Å². The van der Waals surface area contributed by atoms with Gasteiger partial charge in [0, 0.05) is 19.7 Å². The number of rotatable bonds is 4. The fraction of sp³-hybridized carbons (Fsp3) is 0.692. The van der Waals surface area contributed by atoms with E-state index in [0.29, 0.717) is 24.0 Å². The predicted molar refractivity (Wildman–Crippen MR) is 66.9 cm³/mol. The molecule has 2 atom stereocenters. The molecule has 1 fully saturated rings. The minimum absolute atomic E-state index is 0.170. The Balaban J connectivity index is 1.89. The first-order valence-corrected chi connectivity index (χ1v) is 6.40. The number of carbonyl (C=O) groups is 1. The molecular weight excluding hydrogens is 214 g/mol. The van der Waals surface area contributed by atoms with Gasteiger partial charge in [-0.1, -0.05) is 6.92 Å². The second kappa shape index (κ2) is 5.45. The average molecular weight is 235 g/mol. The summed E-state index contributed by atoms with van der Waals surface area (Å²) in [7, 11) is 1.84. The van der Waals surface area contributed by atoms with E-state index >= 15 is 0 Å². The van der Waals surface area contributed by atoms with E-state index in [1.54, 1.807) is 10.7 Å². The zero-order chi connectivity index (χ0) is 12.3. The number of hydrogen-bond donors (Lipinski definition) is 1. The molecule has 1 aromatic rings. The third-order valence-electron chi connectivity index (χ3n) is 3.65. The summed E-state index contributed by atoms with van der Waals surface area (Å²) in [4.78, 5) is 12.0. The van der Waals surface area contributed by atoms with Crippen LogP contribution in [0.5, 0.6) is 0 Å². The molecule has 0 radical (unpaired) electrons. The quantitative estimate of drug-likeness (QED) is 0.807. The second-order valence-electron chi connectivity index (χ2n) is 5.09. The molecule has 2 heterocycles. The molecule has 1 saturated heterocycles. The Hall–Kier alpha value is -1.16. The summed E-state index contributed by atoms with van der Waals surface area (Å²) in [6, 6.07) is 1.80. The lowest BCUT2D eigenvalue weighted by molar-refractivity contribution is 0.0937. The summed E-state index contributed by atoms with van der Waals surface area (Å²) in [6.07, 6.45) is 4.90. The lowest BCUT2D eigenvalue weighted by Crippen LogP contribution is -2.34. The maximum absolute atomic E-state index is 12.0. The minimum atomic E-state index is 0.170. The third kappa shape index (κ3) is 3.16. The van der Waals surface area contributed by atoms with Crippen molar-refractivity contribution in [2.24, 2.45) is 18.9 Å². The maximum Gasteiger partial charge on any atom is 0.183 e. The first kappa shape index (κ1) is 12.3. The number of aromatic nitrogens is 2. The molecule has 0 saturated carbocycles. The molecule has 1 N–H and O–H groups in total. The molecule has 2 rings (SSSR count). The Morgan fingerprint density at radius 1 is 1.71 bits per heavy atom. The van der Waals surface area contributed by atoms with Gasteiger partial charge in [0.2, 0.25) is 0 Å². The smallest absolute Gasteiger partial charge is 0.183 e. The molecule has 2 unspecified atom stereocenters. The van der Waals surface area contributed by atoms with E-state index in [-0.39, 0.29) is 5.78 Å². The van der Waals surface area contributed by atoms with Crippen LogP contribution in [0.15, 0.2) is 12.3 Å². The molecule has 94 valence electrons. The minimum Gasteiger partial charge on any atom is -0.316 e. The van der Waals surface area contributed by atoms with Crippen molar-refractivity contribution >= 4 is 5.78 Å². The zero-order valence-electron chi connectivity index (χ0n) is 10.6. The van der Waals surface area contributed by atoms with Crippen molar-refractivity contribution in [2.45, 2.75) is 26.2 Å². The van der Waals surface area contributed by atoms with Crippen molar-refractivity contribution in [2.75, 3.05) is 13.1 Å². The van der Waals surface area contributed by atoms with E-state index in [4.69, 9.17) is 0 Å². The molecule has 1 aromatic heterocycles. The molecule has 4 heteroatoms. The van der Waals surface area contributed by atoms with Crippen molar-refractivity contribution in [3.05, 3.63) is 18.0 Å². The second-order valence-corrected chi connectivity index (χ2v) is 5.09. The van der Waals surface area contributed by atoms with Gasteiger partial charge in [-0.25, -0.2) is 0 Å². The van der Waals surface area contributed by atoms with Crippen LogP contribution in [0.3, 0.4) is 0 Å². The van der Waals surface area contributed by atoms with Crippen LogP contribution in [0.4, 0.5) is 0 Å². The molecule has 17 heavy (non-hydrogen) atoms. The van der Waals surface area contributed by atoms with Gasteiger partial charge in [0.1, 0.15) is 5.69 Å². The van der Waals surface area contributed by atoms with Crippen LogP contribution < -0.4 is 5.32 Å². The van der Waals surface area contributed by atoms with Gasteiger partial charge in [-0.2, -0.15) is 5.10 Å². The Bertz CT molecular complexity index is 380. The molecule has 0 spiro atoms. The summed E-state index contributed by atoms with van der Waals surface area (Å²) in [5.74, 6) is 1.25. The topological polar surface area (TPSA) is 46.9 Å². The molecule has 0 aliphatic carbocycles. The van der Waals surface area contributed by atoms with Gasteiger partial charge in [-0.05, 0) is 43.8 Å². The monoisotopic (exact) mass is 235 g/mol. The Morgan fingerprint density at radius 3 is 3.12 bits per heavy atom. The van der Waals surface area contributed by atoms with E-state index < -0.39 is 0 Å². The Kier molecular flexibility index (Phi) is 3.94. The highest BCUT2D eigenvalue weighted by molar-refractivity contribution is 5.94. The number of nitrogens with one attached hydrogen (secondary N) is 1. The van der Waals surface area contributed by atoms with Crippen LogP contribution in [-0.4, -0.2) is 28.7 Å². The van der Waals surface area contributed by atoms with Crippen molar-refractivity contribution in [3.63, 3.8) is 0 Å². The molecule has 0 aromatic carbocycles. The molecule has 4 nitrogen and oxygen atoms in total. The highest BCUT2D eigenvalue weighted by Crippen LogP contribution is 2.23. The van der Waals surface area contributed by atoms with Crippen LogP contribution >= 0.6 is 0 Å². The van der Waals surface area contributed by atoms with Crippen LogP contribution in [0.1, 0.15) is 36.7 Å². The van der Waals surface area contributed by atoms with Gasteiger partial charge in [0.05, 0.1) is 0 Å². The van der Waals surface area contributed by atoms with E-state index in [1.165, 1.54) is 12.8 Å². The number of nitrogens with zero attached hydrogens (tertiary/aromatic N) is 2. The van der Waals surface area contributed by atoms with Gasteiger partial charge >= 0.3 is 0 Å². The van der Waals surface area contributed by atoms with Gasteiger partial charge < -0.3 is 5.32 Å².